The number of hydrogen-bond acceptors (Lipinski definition) is 6. The summed E-state index contributed by atoms with van der Waals surface area (Å²) >= 11 is 5.98. The van der Waals surface area contributed by atoms with Crippen LogP contribution in [0.15, 0.2) is 47.6 Å². The van der Waals surface area contributed by atoms with Crippen LogP contribution in [-0.2, 0) is 6.18 Å². The van der Waals surface area contributed by atoms with E-state index in [1.54, 1.807) is 24.3 Å². The van der Waals surface area contributed by atoms with Crippen molar-refractivity contribution in [2.24, 2.45) is 10.9 Å². The summed E-state index contributed by atoms with van der Waals surface area (Å²) in [5, 5.41) is 1.84. The molecule has 0 aromatic carbocycles. The van der Waals surface area contributed by atoms with Crippen LogP contribution in [-0.4, -0.2) is 27.6 Å². The standard InChI is InChI=1S/C18H17ClF3N7/c19-16-3-1-2-13(26-16)14-9-17(28-29(27-14)24-10-11-4-5-11)25-12-6-7-23-15(8-12)18(20,21)22/h1-3,6-9,11,24,27H,4-5,10H2,(H,23,25,28). The van der Waals surface area contributed by atoms with Crippen molar-refractivity contribution in [3.05, 3.63) is 59.1 Å². The largest absolute Gasteiger partial charge is 0.433 e. The summed E-state index contributed by atoms with van der Waals surface area (Å²) in [5.41, 5.74) is 9.54. The number of pyridine rings is 2. The first-order valence-electron chi connectivity index (χ1n) is 8.90. The van der Waals surface area contributed by atoms with Gasteiger partial charge in [0, 0.05) is 18.8 Å². The van der Waals surface area contributed by atoms with Crippen LogP contribution in [0.5, 0.6) is 0 Å². The van der Waals surface area contributed by atoms with Gasteiger partial charge in [-0.25, -0.2) is 15.4 Å². The van der Waals surface area contributed by atoms with Crippen molar-refractivity contribution in [2.45, 2.75) is 19.0 Å². The Kier molecular flexibility index (Phi) is 5.39. The summed E-state index contributed by atoms with van der Waals surface area (Å²) < 4.78 is 38.8. The van der Waals surface area contributed by atoms with Crippen molar-refractivity contribution in [1.82, 2.24) is 31.5 Å². The highest BCUT2D eigenvalue weighted by molar-refractivity contribution is 6.29. The minimum absolute atomic E-state index is 0.119. The molecule has 0 unspecified atom stereocenters. The van der Waals surface area contributed by atoms with Gasteiger partial charge in [-0.05, 0) is 43.0 Å². The fourth-order valence-corrected chi connectivity index (χ4v) is 2.78. The highest BCUT2D eigenvalue weighted by Crippen LogP contribution is 2.30. The molecule has 29 heavy (non-hydrogen) atoms. The molecule has 2 aliphatic rings. The number of nitrogens with zero attached hydrogens (tertiary/aromatic N) is 4. The zero-order valence-electron chi connectivity index (χ0n) is 15.0. The third-order valence-electron chi connectivity index (χ3n) is 4.25. The Morgan fingerprint density at radius 2 is 2.07 bits per heavy atom. The second-order valence-corrected chi connectivity index (χ2v) is 7.05. The van der Waals surface area contributed by atoms with E-state index in [4.69, 9.17) is 11.6 Å². The summed E-state index contributed by atoms with van der Waals surface area (Å²) in [6, 6.07) is 7.47. The molecular weight excluding hydrogens is 407 g/mol. The molecule has 0 radical (unpaired) electrons. The summed E-state index contributed by atoms with van der Waals surface area (Å²) in [6.45, 7) is 0.747. The Labute approximate surface area is 169 Å². The van der Waals surface area contributed by atoms with Gasteiger partial charge in [0.1, 0.15) is 16.7 Å². The van der Waals surface area contributed by atoms with E-state index in [9.17, 15) is 13.2 Å². The van der Waals surface area contributed by atoms with Crippen molar-refractivity contribution in [2.75, 3.05) is 6.54 Å². The van der Waals surface area contributed by atoms with Crippen molar-refractivity contribution >= 4 is 28.8 Å². The van der Waals surface area contributed by atoms with E-state index in [-0.39, 0.29) is 5.69 Å². The number of amidine groups is 1. The molecule has 0 bridgehead atoms. The second-order valence-electron chi connectivity index (χ2n) is 6.66. The quantitative estimate of drug-likeness (QED) is 0.639. The Balaban J connectivity index is 1.64. The molecule has 4 rings (SSSR count). The SMILES string of the molecule is FC(F)(F)c1cc(N=C2C=C(c3cccc(Cl)n3)NN(NCC3CC3)N2)ccn1. The summed E-state index contributed by atoms with van der Waals surface area (Å²) in [6.07, 6.45) is 0.508. The highest BCUT2D eigenvalue weighted by atomic mass is 35.5. The molecule has 3 heterocycles. The maximum absolute atomic E-state index is 12.9. The Morgan fingerprint density at radius 1 is 1.24 bits per heavy atom. The van der Waals surface area contributed by atoms with E-state index in [1.807, 2.05) is 0 Å². The molecule has 1 aliphatic heterocycles. The van der Waals surface area contributed by atoms with E-state index < -0.39 is 11.9 Å². The number of hydrazine groups is 3. The van der Waals surface area contributed by atoms with Crippen LogP contribution < -0.4 is 16.3 Å². The molecule has 152 valence electrons. The fraction of sp³-hybridized carbons (Fsp3) is 0.278. The number of hydrogen-bond donors (Lipinski definition) is 3. The van der Waals surface area contributed by atoms with Gasteiger partial charge in [-0.2, -0.15) is 13.2 Å². The average molecular weight is 424 g/mol. The molecule has 2 aromatic rings. The normalized spacial score (nSPS) is 18.9. The van der Waals surface area contributed by atoms with Crippen LogP contribution in [0.1, 0.15) is 24.2 Å². The number of nitrogens with one attached hydrogen (secondary N) is 3. The van der Waals surface area contributed by atoms with Crippen LogP contribution in [0.4, 0.5) is 18.9 Å². The number of aliphatic imine (C=N–C) groups is 1. The van der Waals surface area contributed by atoms with Gasteiger partial charge in [-0.3, -0.25) is 15.8 Å². The summed E-state index contributed by atoms with van der Waals surface area (Å²) in [7, 11) is 0. The average Bonchev–Trinajstić information content (AvgIpc) is 3.50. The first-order chi connectivity index (χ1) is 13.9. The Hall–Kier alpha value is -2.69. The van der Waals surface area contributed by atoms with E-state index in [1.165, 1.54) is 11.3 Å². The van der Waals surface area contributed by atoms with Gasteiger partial charge in [0.25, 0.3) is 0 Å². The van der Waals surface area contributed by atoms with Crippen molar-refractivity contribution in [1.29, 1.82) is 0 Å². The monoisotopic (exact) mass is 423 g/mol. The topological polar surface area (TPSA) is 77.5 Å². The minimum Gasteiger partial charge on any atom is -0.285 e. The lowest BCUT2D eigenvalue weighted by molar-refractivity contribution is -0.141. The third-order valence-corrected chi connectivity index (χ3v) is 4.46. The Morgan fingerprint density at radius 3 is 2.79 bits per heavy atom. The molecule has 2 aromatic heterocycles. The highest BCUT2D eigenvalue weighted by Gasteiger charge is 2.32. The van der Waals surface area contributed by atoms with Gasteiger partial charge in [0.05, 0.1) is 17.1 Å². The molecule has 0 atom stereocenters. The second kappa shape index (κ2) is 7.97. The van der Waals surface area contributed by atoms with Crippen LogP contribution in [0.2, 0.25) is 5.15 Å². The van der Waals surface area contributed by atoms with Crippen LogP contribution >= 0.6 is 11.6 Å². The van der Waals surface area contributed by atoms with Gasteiger partial charge in [-0.15, -0.1) is 0 Å². The molecule has 0 saturated heterocycles. The van der Waals surface area contributed by atoms with Crippen LogP contribution in [0.3, 0.4) is 0 Å². The Bertz CT molecular complexity index is 956. The van der Waals surface area contributed by atoms with Gasteiger partial charge in [0.15, 0.2) is 0 Å². The van der Waals surface area contributed by atoms with Crippen molar-refractivity contribution in [3.63, 3.8) is 0 Å². The first-order valence-corrected chi connectivity index (χ1v) is 9.28. The van der Waals surface area contributed by atoms with Crippen molar-refractivity contribution in [3.8, 4) is 0 Å². The van der Waals surface area contributed by atoms with Gasteiger partial charge < -0.3 is 0 Å². The lowest BCUT2D eigenvalue weighted by Crippen LogP contribution is -2.60. The molecule has 0 amide bonds. The number of rotatable bonds is 5. The minimum atomic E-state index is -4.54. The smallest absolute Gasteiger partial charge is 0.285 e. The maximum atomic E-state index is 12.9. The fourth-order valence-electron chi connectivity index (χ4n) is 2.62. The molecular formula is C18H17ClF3N7. The van der Waals surface area contributed by atoms with Crippen molar-refractivity contribution < 1.29 is 13.2 Å². The number of halogens is 4. The van der Waals surface area contributed by atoms with Crippen LogP contribution in [0, 0.1) is 5.92 Å². The van der Waals surface area contributed by atoms with Gasteiger partial charge >= 0.3 is 6.18 Å². The zero-order valence-corrected chi connectivity index (χ0v) is 15.8. The lowest BCUT2D eigenvalue weighted by atomic mass is 10.2. The van der Waals surface area contributed by atoms with Gasteiger partial charge in [-0.1, -0.05) is 22.9 Å². The first kappa shape index (κ1) is 19.6. The van der Waals surface area contributed by atoms with E-state index in [0.717, 1.165) is 31.6 Å². The number of aromatic nitrogens is 2. The lowest BCUT2D eigenvalue weighted by Gasteiger charge is -2.31. The summed E-state index contributed by atoms with van der Waals surface area (Å²) in [4.78, 5) is 11.9. The number of alkyl halides is 3. The predicted molar refractivity (Wildman–Crippen MR) is 102 cm³/mol. The molecule has 1 fully saturated rings. The summed E-state index contributed by atoms with van der Waals surface area (Å²) in [5.74, 6) is 0.926. The van der Waals surface area contributed by atoms with Crippen LogP contribution in [0.25, 0.3) is 5.70 Å². The molecule has 0 spiro atoms. The maximum Gasteiger partial charge on any atom is 0.433 e. The zero-order chi connectivity index (χ0) is 20.4. The van der Waals surface area contributed by atoms with E-state index >= 15 is 0 Å². The predicted octanol–water partition coefficient (Wildman–Crippen LogP) is 3.46. The van der Waals surface area contributed by atoms with E-state index in [0.29, 0.717) is 28.3 Å². The molecule has 7 nitrogen and oxygen atoms in total. The van der Waals surface area contributed by atoms with E-state index in [2.05, 4.69) is 31.2 Å². The molecule has 1 aliphatic carbocycles. The molecule has 11 heteroatoms. The van der Waals surface area contributed by atoms with Gasteiger partial charge in [0.2, 0.25) is 0 Å². The molecule has 1 saturated carbocycles. The molecule has 3 N–H and O–H groups in total. The third kappa shape index (κ3) is 5.22.